The molecular formula is C22H34IN5O5. The van der Waals surface area contributed by atoms with Gasteiger partial charge in [-0.15, -0.1) is 24.0 Å². The third-order valence-electron chi connectivity index (χ3n) is 5.93. The number of aliphatic imine (C=N–C) groups is 1. The summed E-state index contributed by atoms with van der Waals surface area (Å²) in [7, 11) is 1.43. The maximum atomic E-state index is 11.8. The molecule has 33 heavy (non-hydrogen) atoms. The Morgan fingerprint density at radius 1 is 1.21 bits per heavy atom. The zero-order valence-electron chi connectivity index (χ0n) is 19.1. The van der Waals surface area contributed by atoms with E-state index in [0.29, 0.717) is 6.54 Å². The van der Waals surface area contributed by atoms with Gasteiger partial charge in [0, 0.05) is 44.9 Å². The van der Waals surface area contributed by atoms with E-state index in [4.69, 9.17) is 14.5 Å². The van der Waals surface area contributed by atoms with E-state index in [9.17, 15) is 14.9 Å². The van der Waals surface area contributed by atoms with Crippen molar-refractivity contribution < 1.29 is 19.2 Å². The van der Waals surface area contributed by atoms with Crippen LogP contribution in [0.1, 0.15) is 24.8 Å². The van der Waals surface area contributed by atoms with Crippen molar-refractivity contribution in [1.82, 2.24) is 15.1 Å². The largest absolute Gasteiger partial charge is 0.469 e. The van der Waals surface area contributed by atoms with Gasteiger partial charge in [-0.25, -0.2) is 4.99 Å². The van der Waals surface area contributed by atoms with Crippen molar-refractivity contribution in [2.24, 2.45) is 10.9 Å². The molecule has 1 aromatic carbocycles. The van der Waals surface area contributed by atoms with E-state index in [2.05, 4.69) is 15.1 Å². The number of carbonyl (C=O) groups excluding carboxylic acids is 1. The first kappa shape index (κ1) is 27.3. The lowest BCUT2D eigenvalue weighted by Crippen LogP contribution is -2.47. The number of guanidine groups is 1. The first-order valence-electron chi connectivity index (χ1n) is 11.2. The van der Waals surface area contributed by atoms with E-state index in [0.717, 1.165) is 83.3 Å². The number of hydrogen-bond acceptors (Lipinski definition) is 7. The van der Waals surface area contributed by atoms with Gasteiger partial charge in [0.2, 0.25) is 0 Å². The smallest absolute Gasteiger partial charge is 0.308 e. The van der Waals surface area contributed by atoms with Crippen molar-refractivity contribution in [3.05, 3.63) is 39.9 Å². The van der Waals surface area contributed by atoms with Crippen molar-refractivity contribution in [3.8, 4) is 0 Å². The number of halogens is 1. The molecule has 0 atom stereocenters. The van der Waals surface area contributed by atoms with Crippen LogP contribution in [0.3, 0.4) is 0 Å². The Hall–Kier alpha value is -1.99. The zero-order valence-corrected chi connectivity index (χ0v) is 21.4. The minimum Gasteiger partial charge on any atom is -0.469 e. The molecule has 0 bridgehead atoms. The molecule has 2 heterocycles. The minimum atomic E-state index is -0.403. The number of piperidine rings is 1. The number of carbonyl (C=O) groups is 1. The average molecular weight is 575 g/mol. The van der Waals surface area contributed by atoms with Crippen LogP contribution in [0.2, 0.25) is 0 Å². The normalized spacial score (nSPS) is 17.8. The van der Waals surface area contributed by atoms with Crippen LogP contribution in [0, 0.1) is 16.0 Å². The lowest BCUT2D eigenvalue weighted by molar-refractivity contribution is -0.384. The summed E-state index contributed by atoms with van der Waals surface area (Å²) in [5, 5.41) is 14.3. The van der Waals surface area contributed by atoms with Crippen LogP contribution in [0.25, 0.3) is 0 Å². The van der Waals surface area contributed by atoms with Gasteiger partial charge in [-0.1, -0.05) is 12.1 Å². The number of ether oxygens (including phenoxy) is 2. The molecule has 1 aromatic rings. The summed E-state index contributed by atoms with van der Waals surface area (Å²) in [6.07, 6.45) is 2.46. The monoisotopic (exact) mass is 575 g/mol. The van der Waals surface area contributed by atoms with Gasteiger partial charge in [0.1, 0.15) is 0 Å². The second-order valence-electron chi connectivity index (χ2n) is 8.08. The number of nitro benzene ring substituents is 1. The van der Waals surface area contributed by atoms with Crippen molar-refractivity contribution in [2.75, 3.05) is 59.6 Å². The predicted octanol–water partition coefficient (Wildman–Crippen LogP) is 2.27. The minimum absolute atomic E-state index is 0. The van der Waals surface area contributed by atoms with Crippen LogP contribution >= 0.6 is 24.0 Å². The van der Waals surface area contributed by atoms with Gasteiger partial charge in [-0.2, -0.15) is 0 Å². The lowest BCUT2D eigenvalue weighted by Gasteiger charge is -2.33. The summed E-state index contributed by atoms with van der Waals surface area (Å²) in [4.78, 5) is 31.7. The Morgan fingerprint density at radius 3 is 2.48 bits per heavy atom. The van der Waals surface area contributed by atoms with Crippen LogP contribution in [-0.2, 0) is 20.8 Å². The number of hydrogen-bond donors (Lipinski definition) is 1. The number of nitro groups is 1. The van der Waals surface area contributed by atoms with Gasteiger partial charge in [-0.05, 0) is 31.4 Å². The maximum Gasteiger partial charge on any atom is 0.308 e. The molecule has 2 aliphatic heterocycles. The fraction of sp³-hybridized carbons (Fsp3) is 0.636. The highest BCUT2D eigenvalue weighted by Gasteiger charge is 2.27. The molecule has 3 rings (SSSR count). The SMILES string of the molecule is COC(=O)C1CCN(C(=NCc2ccc([N+](=O)[O-])cc2)NCCCN2CCOCC2)CC1.I. The topological polar surface area (TPSA) is 110 Å². The number of esters is 1. The Balaban J connectivity index is 0.00000385. The van der Waals surface area contributed by atoms with Crippen LogP contribution in [0.15, 0.2) is 29.3 Å². The van der Waals surface area contributed by atoms with Crippen molar-refractivity contribution >= 4 is 41.6 Å². The number of rotatable bonds is 8. The van der Waals surface area contributed by atoms with E-state index in [-0.39, 0.29) is 41.6 Å². The molecule has 2 fully saturated rings. The predicted molar refractivity (Wildman–Crippen MR) is 136 cm³/mol. The van der Waals surface area contributed by atoms with Crippen molar-refractivity contribution in [2.45, 2.75) is 25.8 Å². The van der Waals surface area contributed by atoms with Crippen molar-refractivity contribution in [3.63, 3.8) is 0 Å². The van der Waals surface area contributed by atoms with E-state index in [1.165, 1.54) is 19.2 Å². The van der Waals surface area contributed by atoms with Gasteiger partial charge in [0.05, 0.1) is 37.7 Å². The number of morpholine rings is 1. The molecule has 11 heteroatoms. The number of nitrogens with one attached hydrogen (secondary N) is 1. The molecule has 184 valence electrons. The molecule has 0 amide bonds. The molecule has 0 spiro atoms. The highest BCUT2D eigenvalue weighted by molar-refractivity contribution is 14.0. The summed E-state index contributed by atoms with van der Waals surface area (Å²) in [6.45, 7) is 7.24. The van der Waals surface area contributed by atoms with Crippen LogP contribution in [0.5, 0.6) is 0 Å². The molecule has 2 saturated heterocycles. The molecule has 0 radical (unpaired) electrons. The van der Waals surface area contributed by atoms with Crippen LogP contribution < -0.4 is 5.32 Å². The summed E-state index contributed by atoms with van der Waals surface area (Å²) in [5.41, 5.74) is 0.983. The first-order chi connectivity index (χ1) is 15.6. The molecule has 0 aliphatic carbocycles. The quantitative estimate of drug-likeness (QED) is 0.0957. The number of benzene rings is 1. The van der Waals surface area contributed by atoms with Crippen molar-refractivity contribution in [1.29, 1.82) is 0 Å². The summed E-state index contributed by atoms with van der Waals surface area (Å²) < 4.78 is 10.3. The Kier molecular flexibility index (Phi) is 11.8. The molecule has 1 N–H and O–H groups in total. The summed E-state index contributed by atoms with van der Waals surface area (Å²) in [5.74, 6) is 0.606. The van der Waals surface area contributed by atoms with Crippen LogP contribution in [-0.4, -0.2) is 86.2 Å². The van der Waals surface area contributed by atoms with Gasteiger partial charge in [0.15, 0.2) is 5.96 Å². The van der Waals surface area contributed by atoms with E-state index < -0.39 is 4.92 Å². The number of non-ortho nitro benzene ring substituents is 1. The standard InChI is InChI=1S/C22H33N5O5.HI/c1-31-21(28)19-7-11-26(12-8-19)22(23-9-2-10-25-13-15-32-16-14-25)24-17-18-3-5-20(6-4-18)27(29)30;/h3-6,19H,2,7-17H2,1H3,(H,23,24);1H. The Labute approximate surface area is 211 Å². The number of nitrogens with zero attached hydrogens (tertiary/aromatic N) is 4. The third-order valence-corrected chi connectivity index (χ3v) is 5.93. The molecular weight excluding hydrogens is 541 g/mol. The average Bonchev–Trinajstić information content (AvgIpc) is 2.84. The maximum absolute atomic E-state index is 11.8. The third kappa shape index (κ3) is 8.70. The zero-order chi connectivity index (χ0) is 22.8. The number of methoxy groups -OCH3 is 1. The lowest BCUT2D eigenvalue weighted by atomic mass is 9.97. The molecule has 10 nitrogen and oxygen atoms in total. The fourth-order valence-electron chi connectivity index (χ4n) is 3.98. The van der Waals surface area contributed by atoms with Gasteiger partial charge < -0.3 is 19.7 Å². The summed E-state index contributed by atoms with van der Waals surface area (Å²) >= 11 is 0. The first-order valence-corrected chi connectivity index (χ1v) is 11.2. The van der Waals surface area contributed by atoms with E-state index in [1.807, 2.05) is 0 Å². The van der Waals surface area contributed by atoms with Gasteiger partial charge >= 0.3 is 5.97 Å². The highest BCUT2D eigenvalue weighted by Crippen LogP contribution is 2.19. The summed E-state index contributed by atoms with van der Waals surface area (Å²) in [6, 6.07) is 6.48. The van der Waals surface area contributed by atoms with Gasteiger partial charge in [-0.3, -0.25) is 19.8 Å². The fourth-order valence-corrected chi connectivity index (χ4v) is 3.98. The molecule has 0 unspecified atom stereocenters. The van der Waals surface area contributed by atoms with E-state index >= 15 is 0 Å². The van der Waals surface area contributed by atoms with Gasteiger partial charge in [0.25, 0.3) is 5.69 Å². The Bertz CT molecular complexity index is 778. The van der Waals surface area contributed by atoms with E-state index in [1.54, 1.807) is 12.1 Å². The second-order valence-corrected chi connectivity index (χ2v) is 8.08. The number of likely N-dealkylation sites (tertiary alicyclic amines) is 1. The molecule has 0 saturated carbocycles. The van der Waals surface area contributed by atoms with Crippen LogP contribution in [0.4, 0.5) is 5.69 Å². The second kappa shape index (κ2) is 14.3. The highest BCUT2D eigenvalue weighted by atomic mass is 127. The molecule has 2 aliphatic rings. The Morgan fingerprint density at radius 2 is 1.88 bits per heavy atom. The molecule has 0 aromatic heterocycles.